The van der Waals surface area contributed by atoms with Crippen molar-refractivity contribution in [2.24, 2.45) is 0 Å². The molecule has 0 fully saturated rings. The molecule has 0 saturated heterocycles. The molecule has 0 aliphatic heterocycles. The van der Waals surface area contributed by atoms with Crippen molar-refractivity contribution in [1.29, 1.82) is 0 Å². The maximum Gasteiger partial charge on any atom is 0.292 e. The Hall–Kier alpha value is -2.37. The largest absolute Gasteiger partial charge is 0.493 e. The lowest BCUT2D eigenvalue weighted by Crippen LogP contribution is -1.98. The Labute approximate surface area is 111 Å². The van der Waals surface area contributed by atoms with Crippen LogP contribution in [0.3, 0.4) is 0 Å². The van der Waals surface area contributed by atoms with Gasteiger partial charge in [-0.05, 0) is 17.7 Å². The SMILES string of the molecule is COc1cc(Cc2coc(N)n2)cc(OC)c1OC. The number of ether oxygens (including phenoxy) is 3. The monoisotopic (exact) mass is 264 g/mol. The van der Waals surface area contributed by atoms with Crippen molar-refractivity contribution in [3.05, 3.63) is 29.7 Å². The maximum atomic E-state index is 5.44. The minimum absolute atomic E-state index is 0.155. The summed E-state index contributed by atoms with van der Waals surface area (Å²) in [5.74, 6) is 1.77. The van der Waals surface area contributed by atoms with Gasteiger partial charge >= 0.3 is 0 Å². The molecule has 0 spiro atoms. The Morgan fingerprint density at radius 2 is 1.74 bits per heavy atom. The van der Waals surface area contributed by atoms with Gasteiger partial charge in [-0.1, -0.05) is 0 Å². The van der Waals surface area contributed by atoms with E-state index in [1.807, 2.05) is 12.1 Å². The van der Waals surface area contributed by atoms with Crippen LogP contribution in [0.4, 0.5) is 6.01 Å². The topological polar surface area (TPSA) is 79.7 Å². The number of nitrogen functional groups attached to an aromatic ring is 1. The number of nitrogens with zero attached hydrogens (tertiary/aromatic N) is 1. The molecule has 0 aliphatic carbocycles. The first kappa shape index (κ1) is 13.1. The van der Waals surface area contributed by atoms with Crippen LogP contribution in [0.5, 0.6) is 17.2 Å². The smallest absolute Gasteiger partial charge is 0.292 e. The highest BCUT2D eigenvalue weighted by atomic mass is 16.5. The van der Waals surface area contributed by atoms with Gasteiger partial charge in [0.1, 0.15) is 6.26 Å². The first-order valence-electron chi connectivity index (χ1n) is 5.66. The molecule has 19 heavy (non-hydrogen) atoms. The number of hydrogen-bond acceptors (Lipinski definition) is 6. The first-order chi connectivity index (χ1) is 9.17. The molecule has 2 N–H and O–H groups in total. The van der Waals surface area contributed by atoms with Gasteiger partial charge in [-0.3, -0.25) is 0 Å². The molecule has 0 saturated carbocycles. The van der Waals surface area contributed by atoms with Crippen molar-refractivity contribution in [2.45, 2.75) is 6.42 Å². The van der Waals surface area contributed by atoms with E-state index in [-0.39, 0.29) is 6.01 Å². The summed E-state index contributed by atoms with van der Waals surface area (Å²) in [5, 5.41) is 0. The quantitative estimate of drug-likeness (QED) is 0.888. The third-order valence-corrected chi connectivity index (χ3v) is 2.68. The fourth-order valence-corrected chi connectivity index (χ4v) is 1.85. The van der Waals surface area contributed by atoms with Crippen molar-refractivity contribution in [2.75, 3.05) is 27.1 Å². The van der Waals surface area contributed by atoms with Crippen molar-refractivity contribution in [1.82, 2.24) is 4.98 Å². The van der Waals surface area contributed by atoms with Crippen LogP contribution in [0, 0.1) is 0 Å². The Balaban J connectivity index is 2.35. The third kappa shape index (κ3) is 2.73. The van der Waals surface area contributed by atoms with Gasteiger partial charge in [0.05, 0.1) is 27.0 Å². The Bertz CT molecular complexity index is 541. The summed E-state index contributed by atoms with van der Waals surface area (Å²) in [5.41, 5.74) is 7.15. The highest BCUT2D eigenvalue weighted by Gasteiger charge is 2.14. The van der Waals surface area contributed by atoms with E-state index in [4.69, 9.17) is 24.4 Å². The van der Waals surface area contributed by atoms with E-state index >= 15 is 0 Å². The van der Waals surface area contributed by atoms with Crippen LogP contribution in [0.15, 0.2) is 22.8 Å². The van der Waals surface area contributed by atoms with Crippen LogP contribution >= 0.6 is 0 Å². The molecule has 2 rings (SSSR count). The van der Waals surface area contributed by atoms with E-state index in [1.54, 1.807) is 21.3 Å². The molecule has 0 aliphatic rings. The predicted octanol–water partition coefficient (Wildman–Crippen LogP) is 1.87. The fourth-order valence-electron chi connectivity index (χ4n) is 1.85. The number of aromatic nitrogens is 1. The predicted molar refractivity (Wildman–Crippen MR) is 69.8 cm³/mol. The number of nitrogens with two attached hydrogens (primary N) is 1. The second-order valence-electron chi connectivity index (χ2n) is 3.89. The van der Waals surface area contributed by atoms with Crippen molar-refractivity contribution in [3.8, 4) is 17.2 Å². The van der Waals surface area contributed by atoms with Gasteiger partial charge in [-0.15, -0.1) is 0 Å². The normalized spacial score (nSPS) is 10.3. The van der Waals surface area contributed by atoms with Gasteiger partial charge < -0.3 is 24.4 Å². The molecular formula is C13H16N2O4. The molecule has 6 nitrogen and oxygen atoms in total. The molecule has 0 amide bonds. The molecule has 2 aromatic rings. The fraction of sp³-hybridized carbons (Fsp3) is 0.308. The number of oxazole rings is 1. The minimum atomic E-state index is 0.155. The van der Waals surface area contributed by atoms with Crippen LogP contribution in [0.1, 0.15) is 11.3 Å². The van der Waals surface area contributed by atoms with Crippen molar-refractivity contribution >= 4 is 6.01 Å². The zero-order valence-electron chi connectivity index (χ0n) is 11.1. The molecule has 1 aromatic heterocycles. The van der Waals surface area contributed by atoms with Gasteiger partial charge in [0.25, 0.3) is 6.01 Å². The Morgan fingerprint density at radius 1 is 1.11 bits per heavy atom. The van der Waals surface area contributed by atoms with Gasteiger partial charge in [-0.2, -0.15) is 4.98 Å². The summed E-state index contributed by atoms with van der Waals surface area (Å²) < 4.78 is 20.8. The van der Waals surface area contributed by atoms with E-state index in [0.717, 1.165) is 11.3 Å². The van der Waals surface area contributed by atoms with Gasteiger partial charge in [0.2, 0.25) is 5.75 Å². The van der Waals surface area contributed by atoms with Crippen LogP contribution in [-0.4, -0.2) is 26.3 Å². The number of benzene rings is 1. The molecule has 0 radical (unpaired) electrons. The Kier molecular flexibility index (Phi) is 3.79. The summed E-state index contributed by atoms with van der Waals surface area (Å²) in [4.78, 5) is 4.06. The second-order valence-corrected chi connectivity index (χ2v) is 3.89. The zero-order chi connectivity index (χ0) is 13.8. The molecule has 1 heterocycles. The first-order valence-corrected chi connectivity index (χ1v) is 5.66. The molecule has 0 unspecified atom stereocenters. The van der Waals surface area contributed by atoms with Gasteiger partial charge in [0.15, 0.2) is 11.5 Å². The van der Waals surface area contributed by atoms with E-state index < -0.39 is 0 Å². The zero-order valence-corrected chi connectivity index (χ0v) is 11.1. The molecule has 0 bridgehead atoms. The molecular weight excluding hydrogens is 248 g/mol. The highest BCUT2D eigenvalue weighted by molar-refractivity contribution is 5.54. The average molecular weight is 264 g/mol. The van der Waals surface area contributed by atoms with Crippen molar-refractivity contribution < 1.29 is 18.6 Å². The van der Waals surface area contributed by atoms with Crippen LogP contribution in [0.2, 0.25) is 0 Å². The number of methoxy groups -OCH3 is 3. The number of hydrogen-bond donors (Lipinski definition) is 1. The van der Waals surface area contributed by atoms with Crippen LogP contribution < -0.4 is 19.9 Å². The molecule has 1 aromatic carbocycles. The third-order valence-electron chi connectivity index (χ3n) is 2.68. The van der Waals surface area contributed by atoms with Crippen LogP contribution in [0.25, 0.3) is 0 Å². The minimum Gasteiger partial charge on any atom is -0.493 e. The van der Waals surface area contributed by atoms with Crippen LogP contribution in [-0.2, 0) is 6.42 Å². The number of anilines is 1. The number of rotatable bonds is 5. The molecule has 102 valence electrons. The summed E-state index contributed by atoms with van der Waals surface area (Å²) in [6, 6.07) is 3.89. The summed E-state index contributed by atoms with van der Waals surface area (Å²) in [6.07, 6.45) is 2.09. The maximum absolute atomic E-state index is 5.44. The van der Waals surface area contributed by atoms with E-state index in [1.165, 1.54) is 6.26 Å². The summed E-state index contributed by atoms with van der Waals surface area (Å²) >= 11 is 0. The average Bonchev–Trinajstić information content (AvgIpc) is 2.82. The van der Waals surface area contributed by atoms with E-state index in [2.05, 4.69) is 4.98 Å². The van der Waals surface area contributed by atoms with Crippen molar-refractivity contribution in [3.63, 3.8) is 0 Å². The molecule has 0 atom stereocenters. The highest BCUT2D eigenvalue weighted by Crippen LogP contribution is 2.38. The van der Waals surface area contributed by atoms with E-state index in [9.17, 15) is 0 Å². The standard InChI is InChI=1S/C13H16N2O4/c1-16-10-5-8(4-9-7-19-13(14)15-9)6-11(17-2)12(10)18-3/h5-7H,4H2,1-3H3,(H2,14,15). The lowest BCUT2D eigenvalue weighted by Gasteiger charge is -2.13. The lowest BCUT2D eigenvalue weighted by molar-refractivity contribution is 0.324. The van der Waals surface area contributed by atoms with Gasteiger partial charge in [-0.25, -0.2) is 0 Å². The Morgan fingerprint density at radius 3 is 2.16 bits per heavy atom. The molecule has 6 heteroatoms. The second kappa shape index (κ2) is 5.51. The van der Waals surface area contributed by atoms with Gasteiger partial charge in [0, 0.05) is 6.42 Å². The summed E-state index contributed by atoms with van der Waals surface area (Å²) in [6.45, 7) is 0. The lowest BCUT2D eigenvalue weighted by atomic mass is 10.1. The van der Waals surface area contributed by atoms with E-state index in [0.29, 0.717) is 23.7 Å². The summed E-state index contributed by atoms with van der Waals surface area (Å²) in [7, 11) is 4.72.